The van der Waals surface area contributed by atoms with Gasteiger partial charge in [-0.15, -0.1) is 0 Å². The minimum absolute atomic E-state index is 0.0735. The normalized spacial score (nSPS) is 28.0. The van der Waals surface area contributed by atoms with Gasteiger partial charge in [0.05, 0.1) is 0 Å². The summed E-state index contributed by atoms with van der Waals surface area (Å²) in [7, 11) is -3.42. The van der Waals surface area contributed by atoms with E-state index in [4.69, 9.17) is 5.73 Å². The summed E-state index contributed by atoms with van der Waals surface area (Å²) in [6.45, 7) is 4.40. The molecule has 2 aliphatic rings. The van der Waals surface area contributed by atoms with Crippen molar-refractivity contribution in [1.82, 2.24) is 8.87 Å². The summed E-state index contributed by atoms with van der Waals surface area (Å²) in [5, 5.41) is 0. The predicted molar refractivity (Wildman–Crippen MR) is 82.4 cm³/mol. The summed E-state index contributed by atoms with van der Waals surface area (Å²) in [5.74, 6) is 0. The third kappa shape index (κ3) is 2.64. The molecule has 0 amide bonds. The van der Waals surface area contributed by atoms with Crippen LogP contribution in [-0.2, 0) is 16.6 Å². The molecule has 0 aromatic carbocycles. The summed E-state index contributed by atoms with van der Waals surface area (Å²) < 4.78 is 29.8. The minimum atomic E-state index is -3.42. The van der Waals surface area contributed by atoms with Crippen LogP contribution < -0.4 is 5.73 Å². The number of nitrogens with two attached hydrogens (primary N) is 1. The average molecular weight is 311 g/mol. The molecule has 2 fully saturated rings. The Labute approximate surface area is 127 Å². The van der Waals surface area contributed by atoms with E-state index in [1.165, 1.54) is 0 Å². The summed E-state index contributed by atoms with van der Waals surface area (Å²) in [5.41, 5.74) is 6.70. The van der Waals surface area contributed by atoms with Gasteiger partial charge in [-0.05, 0) is 45.6 Å². The lowest BCUT2D eigenvalue weighted by atomic mass is 10.0. The van der Waals surface area contributed by atoms with E-state index in [0.717, 1.165) is 37.8 Å². The Morgan fingerprint density at radius 1 is 1.19 bits per heavy atom. The first kappa shape index (κ1) is 15.1. The molecule has 2 N–H and O–H groups in total. The largest absolute Gasteiger partial charge is 0.346 e. The van der Waals surface area contributed by atoms with Crippen LogP contribution in [-0.4, -0.2) is 29.4 Å². The van der Waals surface area contributed by atoms with Gasteiger partial charge < -0.3 is 10.3 Å². The number of hydrogen-bond acceptors (Lipinski definition) is 3. The molecule has 2 atom stereocenters. The van der Waals surface area contributed by atoms with Crippen molar-refractivity contribution in [3.8, 4) is 0 Å². The summed E-state index contributed by atoms with van der Waals surface area (Å²) in [4.78, 5) is 0.412. The summed E-state index contributed by atoms with van der Waals surface area (Å²) >= 11 is 0. The summed E-state index contributed by atoms with van der Waals surface area (Å²) in [6.07, 6.45) is 7.03. The molecule has 1 saturated carbocycles. The fourth-order valence-corrected chi connectivity index (χ4v) is 5.42. The topological polar surface area (TPSA) is 68.3 Å². The molecule has 3 rings (SSSR count). The zero-order chi connectivity index (χ0) is 15.2. The van der Waals surface area contributed by atoms with Crippen LogP contribution in [0.1, 0.15) is 57.7 Å². The molecule has 118 valence electrons. The van der Waals surface area contributed by atoms with Crippen LogP contribution in [0.15, 0.2) is 17.2 Å². The minimum Gasteiger partial charge on any atom is -0.346 e. The molecule has 1 aliphatic heterocycles. The molecule has 0 bridgehead atoms. The zero-order valence-corrected chi connectivity index (χ0v) is 13.6. The predicted octanol–water partition coefficient (Wildman–Crippen LogP) is 2.23. The second-order valence-electron chi connectivity index (χ2n) is 6.47. The Hall–Kier alpha value is -0.850. The number of rotatable bonds is 4. The molecule has 5 nitrogen and oxygen atoms in total. The Morgan fingerprint density at radius 3 is 2.33 bits per heavy atom. The van der Waals surface area contributed by atoms with Gasteiger partial charge in [0.1, 0.15) is 4.90 Å². The van der Waals surface area contributed by atoms with Crippen LogP contribution in [0.2, 0.25) is 0 Å². The first-order valence-corrected chi connectivity index (χ1v) is 9.33. The van der Waals surface area contributed by atoms with E-state index in [2.05, 4.69) is 4.57 Å². The first-order chi connectivity index (χ1) is 9.95. The lowest BCUT2D eigenvalue weighted by molar-refractivity contribution is 0.204. The van der Waals surface area contributed by atoms with Crippen molar-refractivity contribution >= 4 is 10.0 Å². The maximum atomic E-state index is 13.0. The van der Waals surface area contributed by atoms with Gasteiger partial charge in [0.15, 0.2) is 0 Å². The molecule has 0 spiro atoms. The van der Waals surface area contributed by atoms with E-state index in [1.54, 1.807) is 16.6 Å². The van der Waals surface area contributed by atoms with E-state index in [9.17, 15) is 8.42 Å². The van der Waals surface area contributed by atoms with E-state index in [-0.39, 0.29) is 12.1 Å². The van der Waals surface area contributed by atoms with E-state index in [1.807, 2.05) is 13.8 Å². The van der Waals surface area contributed by atoms with Crippen LogP contribution in [0.25, 0.3) is 0 Å². The fraction of sp³-hybridized carbons (Fsp3) is 0.733. The molecule has 0 unspecified atom stereocenters. The number of sulfonamides is 1. The molecule has 1 aromatic heterocycles. The highest BCUT2D eigenvalue weighted by molar-refractivity contribution is 7.89. The molecule has 1 aromatic rings. The maximum Gasteiger partial charge on any atom is 0.245 e. The molecular formula is C15H25N3O2S. The van der Waals surface area contributed by atoms with Crippen molar-refractivity contribution in [2.24, 2.45) is 5.73 Å². The molecule has 1 aliphatic carbocycles. The zero-order valence-electron chi connectivity index (χ0n) is 12.8. The lowest BCUT2D eigenvalue weighted by Crippen LogP contribution is -2.47. The van der Waals surface area contributed by atoms with Gasteiger partial charge in [0.25, 0.3) is 0 Å². The van der Waals surface area contributed by atoms with Crippen molar-refractivity contribution in [2.75, 3.05) is 0 Å². The molecule has 0 radical (unpaired) electrons. The van der Waals surface area contributed by atoms with E-state index >= 15 is 0 Å². The number of nitrogens with zero attached hydrogens (tertiary/aromatic N) is 2. The van der Waals surface area contributed by atoms with Gasteiger partial charge in [-0.1, -0.05) is 6.42 Å². The number of hydrogen-bond donors (Lipinski definition) is 1. The SMILES string of the molecule is C[C@@H]1CCC[C@H](C)N1S(=O)(=O)c1cc(CN)n(C2CC2)c1. The van der Waals surface area contributed by atoms with E-state index < -0.39 is 10.0 Å². The van der Waals surface area contributed by atoms with Crippen molar-refractivity contribution in [3.05, 3.63) is 18.0 Å². The van der Waals surface area contributed by atoms with Crippen molar-refractivity contribution in [3.63, 3.8) is 0 Å². The van der Waals surface area contributed by atoms with Gasteiger partial charge in [-0.3, -0.25) is 0 Å². The van der Waals surface area contributed by atoms with Crippen molar-refractivity contribution in [2.45, 2.75) is 75.5 Å². The van der Waals surface area contributed by atoms with Gasteiger partial charge in [-0.25, -0.2) is 8.42 Å². The van der Waals surface area contributed by atoms with Crippen molar-refractivity contribution in [1.29, 1.82) is 0 Å². The van der Waals surface area contributed by atoms with Crippen LogP contribution >= 0.6 is 0 Å². The van der Waals surface area contributed by atoms with E-state index in [0.29, 0.717) is 17.5 Å². The van der Waals surface area contributed by atoms with Crippen LogP contribution in [0, 0.1) is 0 Å². The molecule has 2 heterocycles. The molecule has 6 heteroatoms. The first-order valence-electron chi connectivity index (χ1n) is 7.89. The molecule has 21 heavy (non-hydrogen) atoms. The van der Waals surface area contributed by atoms with Gasteiger partial charge in [0.2, 0.25) is 10.0 Å². The van der Waals surface area contributed by atoms with Gasteiger partial charge in [0, 0.05) is 36.6 Å². The maximum absolute atomic E-state index is 13.0. The van der Waals surface area contributed by atoms with Crippen molar-refractivity contribution < 1.29 is 8.42 Å². The highest BCUT2D eigenvalue weighted by Crippen LogP contribution is 2.38. The quantitative estimate of drug-likeness (QED) is 0.927. The van der Waals surface area contributed by atoms with Gasteiger partial charge in [-0.2, -0.15) is 4.31 Å². The Morgan fingerprint density at radius 2 is 1.81 bits per heavy atom. The number of piperidine rings is 1. The highest BCUT2D eigenvalue weighted by Gasteiger charge is 2.37. The molecular weight excluding hydrogens is 286 g/mol. The Kier molecular flexibility index (Phi) is 3.88. The van der Waals surface area contributed by atoms with Gasteiger partial charge >= 0.3 is 0 Å². The third-order valence-corrected chi connectivity index (χ3v) is 6.84. The standard InChI is InChI=1S/C15H25N3O2S/c1-11-4-3-5-12(2)18(11)21(19,20)15-8-14(9-16)17(10-15)13-6-7-13/h8,10-13H,3-7,9,16H2,1-2H3/t11-,12+. The third-order valence-electron chi connectivity index (χ3n) is 4.74. The molecule has 1 saturated heterocycles. The van der Waals surface area contributed by atoms with Crippen LogP contribution in [0.4, 0.5) is 0 Å². The average Bonchev–Trinajstić information content (AvgIpc) is 3.16. The second-order valence-corrected chi connectivity index (χ2v) is 8.32. The summed E-state index contributed by atoms with van der Waals surface area (Å²) in [6, 6.07) is 2.36. The number of aromatic nitrogens is 1. The Bertz CT molecular complexity index is 609. The smallest absolute Gasteiger partial charge is 0.245 e. The van der Waals surface area contributed by atoms with Crippen LogP contribution in [0.3, 0.4) is 0 Å². The second kappa shape index (κ2) is 5.41. The highest BCUT2D eigenvalue weighted by atomic mass is 32.2. The lowest BCUT2D eigenvalue weighted by Gasteiger charge is -2.37. The monoisotopic (exact) mass is 311 g/mol. The fourth-order valence-electron chi connectivity index (χ4n) is 3.49. The van der Waals surface area contributed by atoms with Crippen LogP contribution in [0.5, 0.6) is 0 Å². The Balaban J connectivity index is 1.97.